The minimum Gasteiger partial charge on any atom is -0.355 e. The zero-order valence-electron chi connectivity index (χ0n) is 15.0. The third-order valence-corrected chi connectivity index (χ3v) is 5.65. The molecule has 2 aromatic carbocycles. The van der Waals surface area contributed by atoms with Crippen molar-refractivity contribution in [2.45, 2.75) is 17.6 Å². The summed E-state index contributed by atoms with van der Waals surface area (Å²) in [6, 6.07) is 14.3. The Morgan fingerprint density at radius 1 is 1.07 bits per heavy atom. The van der Waals surface area contributed by atoms with Crippen LogP contribution >= 0.6 is 23.1 Å². The highest BCUT2D eigenvalue weighted by Crippen LogP contribution is 2.24. The van der Waals surface area contributed by atoms with Gasteiger partial charge in [-0.1, -0.05) is 6.07 Å². The lowest BCUT2D eigenvalue weighted by atomic mass is 10.1. The van der Waals surface area contributed by atoms with Crippen molar-refractivity contribution in [1.82, 2.24) is 10.3 Å². The van der Waals surface area contributed by atoms with Gasteiger partial charge in [-0.05, 0) is 49.4 Å². The standard InChI is InChI=1S/C20H19N3O2S2/c1-13-22-17(11-26-13)12-27-18-8-6-14(7-9-18)20(25)23-16-5-3-4-15(10-16)19(24)21-2/h3-11H,12H2,1-2H3,(H,21,24)(H,23,25). The molecule has 0 unspecified atom stereocenters. The fourth-order valence-electron chi connectivity index (χ4n) is 2.42. The SMILES string of the molecule is CNC(=O)c1cccc(NC(=O)c2ccc(SCc3csc(C)n3)cc2)c1. The molecule has 2 N–H and O–H groups in total. The van der Waals surface area contributed by atoms with E-state index in [4.69, 9.17) is 0 Å². The number of benzene rings is 2. The minimum atomic E-state index is -0.212. The van der Waals surface area contributed by atoms with E-state index in [0.717, 1.165) is 21.3 Å². The van der Waals surface area contributed by atoms with Crippen LogP contribution in [0.4, 0.5) is 5.69 Å². The Morgan fingerprint density at radius 3 is 2.52 bits per heavy atom. The second kappa shape index (κ2) is 8.83. The largest absolute Gasteiger partial charge is 0.355 e. The molecule has 2 amide bonds. The van der Waals surface area contributed by atoms with Gasteiger partial charge in [-0.25, -0.2) is 4.98 Å². The Labute approximate surface area is 166 Å². The molecule has 0 aliphatic rings. The molecule has 0 spiro atoms. The summed E-state index contributed by atoms with van der Waals surface area (Å²) in [6.45, 7) is 2.00. The minimum absolute atomic E-state index is 0.192. The van der Waals surface area contributed by atoms with Crippen molar-refractivity contribution in [2.75, 3.05) is 12.4 Å². The number of carbonyl (C=O) groups excluding carboxylic acids is 2. The monoisotopic (exact) mass is 397 g/mol. The fraction of sp³-hybridized carbons (Fsp3) is 0.150. The van der Waals surface area contributed by atoms with Crippen LogP contribution < -0.4 is 10.6 Å². The van der Waals surface area contributed by atoms with Gasteiger partial charge in [0.1, 0.15) is 0 Å². The number of nitrogens with zero attached hydrogens (tertiary/aromatic N) is 1. The Bertz CT molecular complexity index is 952. The quantitative estimate of drug-likeness (QED) is 0.607. The first-order chi connectivity index (χ1) is 13.0. The number of amides is 2. The third kappa shape index (κ3) is 5.18. The Kier molecular flexibility index (Phi) is 6.26. The van der Waals surface area contributed by atoms with Crippen LogP contribution in [0, 0.1) is 6.92 Å². The molecular formula is C20H19N3O2S2. The fourth-order valence-corrected chi connectivity index (χ4v) is 3.93. The molecule has 0 saturated carbocycles. The van der Waals surface area contributed by atoms with Crippen molar-refractivity contribution >= 4 is 40.6 Å². The van der Waals surface area contributed by atoms with E-state index in [1.54, 1.807) is 66.5 Å². The molecule has 1 aromatic heterocycles. The summed E-state index contributed by atoms with van der Waals surface area (Å²) in [5.41, 5.74) is 2.72. The number of hydrogen-bond donors (Lipinski definition) is 2. The van der Waals surface area contributed by atoms with E-state index in [1.165, 1.54) is 0 Å². The second-order valence-electron chi connectivity index (χ2n) is 5.78. The van der Waals surface area contributed by atoms with Gasteiger partial charge in [-0.2, -0.15) is 0 Å². The molecule has 0 fully saturated rings. The third-order valence-electron chi connectivity index (χ3n) is 3.78. The maximum Gasteiger partial charge on any atom is 0.255 e. The topological polar surface area (TPSA) is 71.1 Å². The molecule has 0 aliphatic carbocycles. The zero-order chi connectivity index (χ0) is 19.2. The van der Waals surface area contributed by atoms with Gasteiger partial charge in [-0.3, -0.25) is 9.59 Å². The van der Waals surface area contributed by atoms with E-state index in [2.05, 4.69) is 21.0 Å². The van der Waals surface area contributed by atoms with Crippen LogP contribution in [0.5, 0.6) is 0 Å². The molecule has 7 heteroatoms. The lowest BCUT2D eigenvalue weighted by molar-refractivity contribution is 0.0961. The predicted molar refractivity (Wildman–Crippen MR) is 111 cm³/mol. The normalized spacial score (nSPS) is 10.4. The number of nitrogens with one attached hydrogen (secondary N) is 2. The smallest absolute Gasteiger partial charge is 0.255 e. The molecule has 3 rings (SSSR count). The number of hydrogen-bond acceptors (Lipinski definition) is 5. The highest BCUT2D eigenvalue weighted by molar-refractivity contribution is 7.98. The number of thioether (sulfide) groups is 1. The Morgan fingerprint density at radius 2 is 1.85 bits per heavy atom. The van der Waals surface area contributed by atoms with Gasteiger partial charge in [-0.15, -0.1) is 23.1 Å². The van der Waals surface area contributed by atoms with Crippen LogP contribution in [0.25, 0.3) is 0 Å². The molecule has 0 bridgehead atoms. The predicted octanol–water partition coefficient (Wildman–Crippen LogP) is 4.36. The zero-order valence-corrected chi connectivity index (χ0v) is 16.6. The van der Waals surface area contributed by atoms with Crippen LogP contribution in [0.3, 0.4) is 0 Å². The molecule has 0 atom stereocenters. The molecule has 27 heavy (non-hydrogen) atoms. The molecule has 0 saturated heterocycles. The first-order valence-electron chi connectivity index (χ1n) is 8.32. The van der Waals surface area contributed by atoms with Crippen LogP contribution in [-0.2, 0) is 5.75 Å². The maximum absolute atomic E-state index is 12.4. The van der Waals surface area contributed by atoms with Gasteiger partial charge in [0.05, 0.1) is 10.7 Å². The van der Waals surface area contributed by atoms with Crippen molar-refractivity contribution in [3.63, 3.8) is 0 Å². The summed E-state index contributed by atoms with van der Waals surface area (Å²) < 4.78 is 0. The molecule has 5 nitrogen and oxygen atoms in total. The summed E-state index contributed by atoms with van der Waals surface area (Å²) in [5.74, 6) is 0.404. The number of rotatable bonds is 6. The van der Waals surface area contributed by atoms with Crippen LogP contribution in [0.1, 0.15) is 31.4 Å². The van der Waals surface area contributed by atoms with Crippen molar-refractivity contribution in [3.05, 3.63) is 75.7 Å². The average molecular weight is 398 g/mol. The Balaban J connectivity index is 1.61. The first-order valence-corrected chi connectivity index (χ1v) is 10.2. The lowest BCUT2D eigenvalue weighted by Crippen LogP contribution is -2.18. The molecule has 3 aromatic rings. The van der Waals surface area contributed by atoms with Gasteiger partial charge in [0.2, 0.25) is 0 Å². The number of aromatic nitrogens is 1. The van der Waals surface area contributed by atoms with E-state index in [0.29, 0.717) is 16.8 Å². The van der Waals surface area contributed by atoms with E-state index >= 15 is 0 Å². The van der Waals surface area contributed by atoms with Crippen LogP contribution in [0.15, 0.2) is 58.8 Å². The van der Waals surface area contributed by atoms with Crippen molar-refractivity contribution in [2.24, 2.45) is 0 Å². The number of anilines is 1. The van der Waals surface area contributed by atoms with Crippen LogP contribution in [-0.4, -0.2) is 23.8 Å². The number of carbonyl (C=O) groups is 2. The van der Waals surface area contributed by atoms with Gasteiger partial charge in [0.25, 0.3) is 11.8 Å². The van der Waals surface area contributed by atoms with Crippen LogP contribution in [0.2, 0.25) is 0 Å². The maximum atomic E-state index is 12.4. The molecule has 0 aliphatic heterocycles. The van der Waals surface area contributed by atoms with Crippen molar-refractivity contribution in [1.29, 1.82) is 0 Å². The molecular weight excluding hydrogens is 378 g/mol. The van der Waals surface area contributed by atoms with Gasteiger partial charge < -0.3 is 10.6 Å². The summed E-state index contributed by atoms with van der Waals surface area (Å²) in [4.78, 5) is 29.7. The van der Waals surface area contributed by atoms with Crippen molar-refractivity contribution < 1.29 is 9.59 Å². The summed E-state index contributed by atoms with van der Waals surface area (Å²) in [5, 5.41) is 8.52. The van der Waals surface area contributed by atoms with Crippen molar-refractivity contribution in [3.8, 4) is 0 Å². The van der Waals surface area contributed by atoms with E-state index < -0.39 is 0 Å². The summed E-state index contributed by atoms with van der Waals surface area (Å²) in [6.07, 6.45) is 0. The summed E-state index contributed by atoms with van der Waals surface area (Å²) in [7, 11) is 1.57. The molecule has 138 valence electrons. The highest BCUT2D eigenvalue weighted by atomic mass is 32.2. The van der Waals surface area contributed by atoms with Gasteiger partial charge in [0.15, 0.2) is 0 Å². The lowest BCUT2D eigenvalue weighted by Gasteiger charge is -2.08. The van der Waals surface area contributed by atoms with E-state index in [1.807, 2.05) is 19.1 Å². The van der Waals surface area contributed by atoms with Gasteiger partial charge >= 0.3 is 0 Å². The Hall–Kier alpha value is -2.64. The molecule has 0 radical (unpaired) electrons. The highest BCUT2D eigenvalue weighted by Gasteiger charge is 2.09. The van der Waals surface area contributed by atoms with E-state index in [-0.39, 0.29) is 11.8 Å². The molecule has 1 heterocycles. The van der Waals surface area contributed by atoms with Gasteiger partial charge in [0, 0.05) is 39.9 Å². The van der Waals surface area contributed by atoms with E-state index in [9.17, 15) is 9.59 Å². The first kappa shape index (κ1) is 19.1. The summed E-state index contributed by atoms with van der Waals surface area (Å²) >= 11 is 3.34. The number of thiazole rings is 1. The average Bonchev–Trinajstić information content (AvgIpc) is 3.11. The second-order valence-corrected chi connectivity index (χ2v) is 7.90. The number of aryl methyl sites for hydroxylation is 1.